The smallest absolute Gasteiger partial charge is 0.150 e. The molecule has 3 heteroatoms. The molecule has 0 amide bonds. The van der Waals surface area contributed by atoms with Crippen molar-refractivity contribution in [3.8, 4) is 11.1 Å². The van der Waals surface area contributed by atoms with E-state index in [-0.39, 0.29) is 0 Å². The van der Waals surface area contributed by atoms with E-state index in [1.54, 1.807) is 18.5 Å². The van der Waals surface area contributed by atoms with Gasteiger partial charge in [0.1, 0.15) is 12.6 Å². The zero-order chi connectivity index (χ0) is 10.7. The van der Waals surface area contributed by atoms with E-state index in [2.05, 4.69) is 9.97 Å². The summed E-state index contributed by atoms with van der Waals surface area (Å²) in [6.07, 6.45) is 5.81. The van der Waals surface area contributed by atoms with Gasteiger partial charge in [0.15, 0.2) is 0 Å². The molecule has 0 fully saturated rings. The van der Waals surface area contributed by atoms with E-state index in [0.29, 0.717) is 5.56 Å². The van der Waals surface area contributed by atoms with Gasteiger partial charge in [-0.2, -0.15) is 0 Å². The summed E-state index contributed by atoms with van der Waals surface area (Å²) in [5.41, 5.74) is 3.70. The fraction of sp³-hybridized carbons (Fsp3) is 0.0833. The molecule has 1 aromatic carbocycles. The maximum absolute atomic E-state index is 10.7. The quantitative estimate of drug-likeness (QED) is 0.695. The average molecular weight is 198 g/mol. The Morgan fingerprint density at radius 2 is 1.93 bits per heavy atom. The minimum Gasteiger partial charge on any atom is -0.298 e. The number of aromatic nitrogens is 2. The van der Waals surface area contributed by atoms with Gasteiger partial charge in [0.25, 0.3) is 0 Å². The first kappa shape index (κ1) is 9.52. The highest BCUT2D eigenvalue weighted by atomic mass is 16.1. The summed E-state index contributed by atoms with van der Waals surface area (Å²) >= 11 is 0. The number of benzene rings is 1. The van der Waals surface area contributed by atoms with Crippen LogP contribution in [0.2, 0.25) is 0 Å². The molecule has 0 radical (unpaired) electrons. The van der Waals surface area contributed by atoms with Crippen LogP contribution >= 0.6 is 0 Å². The molecule has 2 rings (SSSR count). The Hall–Kier alpha value is -2.03. The average Bonchev–Trinajstić information content (AvgIpc) is 2.31. The minimum atomic E-state index is 0.666. The first-order chi connectivity index (χ1) is 7.31. The maximum Gasteiger partial charge on any atom is 0.150 e. The third-order valence-corrected chi connectivity index (χ3v) is 2.27. The number of carbonyl (C=O) groups is 1. The first-order valence-electron chi connectivity index (χ1n) is 4.62. The van der Waals surface area contributed by atoms with Crippen LogP contribution in [0.3, 0.4) is 0 Å². The van der Waals surface area contributed by atoms with Crippen molar-refractivity contribution < 1.29 is 4.79 Å². The second kappa shape index (κ2) is 4.00. The van der Waals surface area contributed by atoms with Crippen LogP contribution in [0.15, 0.2) is 36.9 Å². The van der Waals surface area contributed by atoms with Gasteiger partial charge in [0.2, 0.25) is 0 Å². The molecule has 0 saturated carbocycles. The molecule has 3 nitrogen and oxygen atoms in total. The predicted molar refractivity (Wildman–Crippen MR) is 57.6 cm³/mol. The summed E-state index contributed by atoms with van der Waals surface area (Å²) < 4.78 is 0. The van der Waals surface area contributed by atoms with Crippen LogP contribution in [0, 0.1) is 6.92 Å². The van der Waals surface area contributed by atoms with Crippen LogP contribution in [0.5, 0.6) is 0 Å². The van der Waals surface area contributed by atoms with Gasteiger partial charge >= 0.3 is 0 Å². The molecule has 0 N–H and O–H groups in total. The summed E-state index contributed by atoms with van der Waals surface area (Å²) in [4.78, 5) is 18.6. The van der Waals surface area contributed by atoms with Crippen LogP contribution in [-0.2, 0) is 0 Å². The van der Waals surface area contributed by atoms with Crippen molar-refractivity contribution in [1.29, 1.82) is 0 Å². The number of nitrogens with zero attached hydrogens (tertiary/aromatic N) is 2. The van der Waals surface area contributed by atoms with Crippen molar-refractivity contribution in [1.82, 2.24) is 9.97 Å². The highest BCUT2D eigenvalue weighted by Gasteiger charge is 2.03. The maximum atomic E-state index is 10.7. The Morgan fingerprint density at radius 1 is 1.20 bits per heavy atom. The van der Waals surface area contributed by atoms with E-state index in [0.717, 1.165) is 23.0 Å². The number of aldehydes is 1. The SMILES string of the molecule is Cc1ccc(C=O)cc1-c1cncnc1. The van der Waals surface area contributed by atoms with E-state index in [9.17, 15) is 4.79 Å². The van der Waals surface area contributed by atoms with Crippen LogP contribution in [-0.4, -0.2) is 16.3 Å². The van der Waals surface area contributed by atoms with E-state index >= 15 is 0 Å². The molecular weight excluding hydrogens is 188 g/mol. The largest absolute Gasteiger partial charge is 0.298 e. The highest BCUT2D eigenvalue weighted by molar-refractivity contribution is 5.79. The lowest BCUT2D eigenvalue weighted by atomic mass is 10.0. The van der Waals surface area contributed by atoms with E-state index in [4.69, 9.17) is 0 Å². The van der Waals surface area contributed by atoms with Gasteiger partial charge in [-0.1, -0.05) is 12.1 Å². The molecule has 0 spiro atoms. The Balaban J connectivity index is 2.57. The molecule has 2 aromatic rings. The van der Waals surface area contributed by atoms with Crippen LogP contribution < -0.4 is 0 Å². The fourth-order valence-electron chi connectivity index (χ4n) is 1.46. The molecule has 0 aliphatic rings. The number of carbonyl (C=O) groups excluding carboxylic acids is 1. The monoisotopic (exact) mass is 198 g/mol. The van der Waals surface area contributed by atoms with Gasteiger partial charge in [-0.15, -0.1) is 0 Å². The van der Waals surface area contributed by atoms with Crippen LogP contribution in [0.25, 0.3) is 11.1 Å². The lowest BCUT2D eigenvalue weighted by Crippen LogP contribution is -1.88. The number of rotatable bonds is 2. The molecule has 74 valence electrons. The van der Waals surface area contributed by atoms with Gasteiger partial charge in [-0.25, -0.2) is 9.97 Å². The predicted octanol–water partition coefficient (Wildman–Crippen LogP) is 2.26. The van der Waals surface area contributed by atoms with Gasteiger partial charge in [-0.05, 0) is 24.1 Å². The number of hydrogen-bond acceptors (Lipinski definition) is 3. The van der Waals surface area contributed by atoms with Crippen molar-refractivity contribution in [3.63, 3.8) is 0 Å². The Bertz CT molecular complexity index is 480. The number of hydrogen-bond donors (Lipinski definition) is 0. The van der Waals surface area contributed by atoms with E-state index in [1.165, 1.54) is 6.33 Å². The summed E-state index contributed by atoms with van der Waals surface area (Å²) in [5, 5.41) is 0. The zero-order valence-corrected chi connectivity index (χ0v) is 8.34. The van der Waals surface area contributed by atoms with Crippen molar-refractivity contribution in [2.24, 2.45) is 0 Å². The van der Waals surface area contributed by atoms with Gasteiger partial charge in [0.05, 0.1) is 0 Å². The Morgan fingerprint density at radius 3 is 2.60 bits per heavy atom. The highest BCUT2D eigenvalue weighted by Crippen LogP contribution is 2.22. The molecule has 0 bridgehead atoms. The Kier molecular flexibility index (Phi) is 2.54. The molecule has 0 saturated heterocycles. The molecule has 0 atom stereocenters. The summed E-state index contributed by atoms with van der Waals surface area (Å²) in [5.74, 6) is 0. The Labute approximate surface area is 87.8 Å². The lowest BCUT2D eigenvalue weighted by molar-refractivity contribution is 0.112. The number of aryl methyl sites for hydroxylation is 1. The second-order valence-corrected chi connectivity index (χ2v) is 3.32. The second-order valence-electron chi connectivity index (χ2n) is 3.32. The molecule has 1 aromatic heterocycles. The third kappa shape index (κ3) is 1.91. The lowest BCUT2D eigenvalue weighted by Gasteiger charge is -2.05. The first-order valence-corrected chi connectivity index (χ1v) is 4.62. The van der Waals surface area contributed by atoms with E-state index < -0.39 is 0 Å². The van der Waals surface area contributed by atoms with Crippen LogP contribution in [0.1, 0.15) is 15.9 Å². The fourth-order valence-corrected chi connectivity index (χ4v) is 1.46. The normalized spacial score (nSPS) is 9.93. The standard InChI is InChI=1S/C12H10N2O/c1-9-2-3-10(7-15)4-12(9)11-5-13-8-14-6-11/h2-8H,1H3. The summed E-state index contributed by atoms with van der Waals surface area (Å²) in [6, 6.07) is 5.57. The van der Waals surface area contributed by atoms with E-state index in [1.807, 2.05) is 19.1 Å². The molecule has 0 unspecified atom stereocenters. The van der Waals surface area contributed by atoms with Gasteiger partial charge < -0.3 is 0 Å². The van der Waals surface area contributed by atoms with Crippen molar-refractivity contribution in [3.05, 3.63) is 48.0 Å². The van der Waals surface area contributed by atoms with Crippen LogP contribution in [0.4, 0.5) is 0 Å². The van der Waals surface area contributed by atoms with Crippen molar-refractivity contribution in [2.45, 2.75) is 6.92 Å². The van der Waals surface area contributed by atoms with Crippen molar-refractivity contribution in [2.75, 3.05) is 0 Å². The zero-order valence-electron chi connectivity index (χ0n) is 8.34. The third-order valence-electron chi connectivity index (χ3n) is 2.27. The minimum absolute atomic E-state index is 0.666. The molecule has 15 heavy (non-hydrogen) atoms. The molecule has 0 aliphatic carbocycles. The molecule has 0 aliphatic heterocycles. The molecule has 1 heterocycles. The summed E-state index contributed by atoms with van der Waals surface area (Å²) in [7, 11) is 0. The topological polar surface area (TPSA) is 42.9 Å². The van der Waals surface area contributed by atoms with Gasteiger partial charge in [0, 0.05) is 23.5 Å². The van der Waals surface area contributed by atoms with Gasteiger partial charge in [-0.3, -0.25) is 4.79 Å². The molecular formula is C12H10N2O. The summed E-state index contributed by atoms with van der Waals surface area (Å²) in [6.45, 7) is 2.00. The van der Waals surface area contributed by atoms with Crippen molar-refractivity contribution >= 4 is 6.29 Å².